The van der Waals surface area contributed by atoms with E-state index in [1.165, 1.54) is 0 Å². The van der Waals surface area contributed by atoms with Crippen molar-refractivity contribution in [2.24, 2.45) is 0 Å². The van der Waals surface area contributed by atoms with Gasteiger partial charge >= 0.3 is 0 Å². The number of ether oxygens (including phenoxy) is 3. The number of hydrogen-bond acceptors (Lipinski definition) is 7. The van der Waals surface area contributed by atoms with Crippen LogP contribution < -0.4 is 19.5 Å². The maximum atomic E-state index is 13.3. The highest BCUT2D eigenvalue weighted by Crippen LogP contribution is 2.28. The van der Waals surface area contributed by atoms with Gasteiger partial charge in [0.05, 0.1) is 51.9 Å². The lowest BCUT2D eigenvalue weighted by molar-refractivity contribution is 0.0951. The Morgan fingerprint density at radius 1 is 0.872 bits per heavy atom. The molecule has 0 spiro atoms. The summed E-state index contributed by atoms with van der Waals surface area (Å²) in [5, 5.41) is 16.1. The second-order valence-electron chi connectivity index (χ2n) is 8.68. The van der Waals surface area contributed by atoms with E-state index in [0.717, 1.165) is 22.6 Å². The van der Waals surface area contributed by atoms with E-state index in [-0.39, 0.29) is 12.5 Å². The normalized spacial score (nSPS) is 10.7. The fraction of sp³-hybridized carbons (Fsp3) is 0.172. The number of benzene rings is 3. The molecule has 39 heavy (non-hydrogen) atoms. The third-order valence-electron chi connectivity index (χ3n) is 6.15. The molecule has 0 radical (unpaired) electrons. The van der Waals surface area contributed by atoms with Gasteiger partial charge in [0.2, 0.25) is 0 Å². The number of nitrogens with one attached hydrogen (secondary N) is 1. The Morgan fingerprint density at radius 3 is 2.36 bits per heavy atom. The Hall–Kier alpha value is -5.12. The number of carbonyl (C=O) groups is 1. The summed E-state index contributed by atoms with van der Waals surface area (Å²) in [6, 6.07) is 22.8. The van der Waals surface area contributed by atoms with Gasteiger partial charge in [0, 0.05) is 11.8 Å². The van der Waals surface area contributed by atoms with E-state index >= 15 is 0 Å². The summed E-state index contributed by atoms with van der Waals surface area (Å²) < 4.78 is 19.4. The van der Waals surface area contributed by atoms with Crippen LogP contribution >= 0.6 is 0 Å². The number of nitrogens with zero attached hydrogens (tertiary/aromatic N) is 5. The fourth-order valence-electron chi connectivity index (χ4n) is 4.14. The highest BCUT2D eigenvalue weighted by molar-refractivity contribution is 5.99. The molecule has 0 unspecified atom stereocenters. The average Bonchev–Trinajstić information content (AvgIpc) is 3.64. The molecular weight excluding hydrogens is 496 g/mol. The van der Waals surface area contributed by atoms with Gasteiger partial charge in [-0.3, -0.25) is 4.79 Å². The van der Waals surface area contributed by atoms with E-state index in [1.807, 2.05) is 72.8 Å². The van der Waals surface area contributed by atoms with Gasteiger partial charge < -0.3 is 19.5 Å². The van der Waals surface area contributed by atoms with Crippen molar-refractivity contribution in [3.63, 3.8) is 0 Å². The van der Waals surface area contributed by atoms with E-state index in [0.29, 0.717) is 35.0 Å². The maximum Gasteiger partial charge on any atom is 0.255 e. The van der Waals surface area contributed by atoms with Crippen LogP contribution in [0, 0.1) is 0 Å². The van der Waals surface area contributed by atoms with E-state index in [2.05, 4.69) is 15.6 Å². The van der Waals surface area contributed by atoms with Crippen LogP contribution in [0.5, 0.6) is 17.2 Å². The minimum atomic E-state index is -0.266. The third kappa shape index (κ3) is 5.74. The van der Waals surface area contributed by atoms with Crippen LogP contribution in [0.3, 0.4) is 0 Å². The quantitative estimate of drug-likeness (QED) is 0.293. The van der Waals surface area contributed by atoms with E-state index in [4.69, 9.17) is 19.3 Å². The lowest BCUT2D eigenvalue weighted by atomic mass is 10.1. The topological polar surface area (TPSA) is 105 Å². The van der Waals surface area contributed by atoms with Crippen molar-refractivity contribution in [3.05, 3.63) is 102 Å². The number of rotatable bonds is 10. The molecule has 1 N–H and O–H groups in total. The van der Waals surface area contributed by atoms with Crippen LogP contribution in [-0.2, 0) is 13.1 Å². The van der Waals surface area contributed by atoms with Crippen molar-refractivity contribution >= 4 is 5.91 Å². The van der Waals surface area contributed by atoms with Gasteiger partial charge in [-0.2, -0.15) is 5.10 Å². The van der Waals surface area contributed by atoms with Gasteiger partial charge in [-0.15, -0.1) is 5.10 Å². The Labute approximate surface area is 225 Å². The number of carbonyl (C=O) groups excluding carboxylic acids is 1. The van der Waals surface area contributed by atoms with Gasteiger partial charge in [-0.05, 0) is 54.1 Å². The molecule has 10 nitrogen and oxygen atoms in total. The van der Waals surface area contributed by atoms with Crippen molar-refractivity contribution in [2.75, 3.05) is 21.3 Å². The number of aromatic nitrogens is 5. The van der Waals surface area contributed by atoms with Crippen molar-refractivity contribution in [2.45, 2.75) is 13.1 Å². The van der Waals surface area contributed by atoms with Crippen molar-refractivity contribution in [1.82, 2.24) is 30.1 Å². The molecule has 0 fully saturated rings. The summed E-state index contributed by atoms with van der Waals surface area (Å²) in [5.74, 6) is 1.76. The molecule has 5 rings (SSSR count). The summed E-state index contributed by atoms with van der Waals surface area (Å²) in [7, 11) is 4.81. The number of methoxy groups -OCH3 is 3. The number of hydrogen-bond donors (Lipinski definition) is 1. The number of amides is 1. The molecule has 0 saturated heterocycles. The average molecular weight is 525 g/mol. The molecule has 0 saturated carbocycles. The summed E-state index contributed by atoms with van der Waals surface area (Å²) >= 11 is 0. The minimum absolute atomic E-state index is 0.212. The van der Waals surface area contributed by atoms with Crippen LogP contribution in [0.1, 0.15) is 21.6 Å². The molecular formula is C29H28N6O4. The molecule has 3 aromatic carbocycles. The Kier molecular flexibility index (Phi) is 7.53. The zero-order valence-corrected chi connectivity index (χ0v) is 21.9. The molecule has 2 aromatic heterocycles. The smallest absolute Gasteiger partial charge is 0.255 e. The molecule has 0 aliphatic heterocycles. The predicted molar refractivity (Wildman–Crippen MR) is 145 cm³/mol. The van der Waals surface area contributed by atoms with Gasteiger partial charge in [-0.25, -0.2) is 9.36 Å². The lowest BCUT2D eigenvalue weighted by Crippen LogP contribution is -2.23. The summed E-state index contributed by atoms with van der Waals surface area (Å²) in [6.45, 7) is 0.704. The lowest BCUT2D eigenvalue weighted by Gasteiger charge is -2.09. The predicted octanol–water partition coefficient (Wildman–Crippen LogP) is 4.13. The second kappa shape index (κ2) is 11.5. The third-order valence-corrected chi connectivity index (χ3v) is 6.15. The van der Waals surface area contributed by atoms with Crippen LogP contribution in [0.4, 0.5) is 0 Å². The van der Waals surface area contributed by atoms with Crippen LogP contribution in [0.25, 0.3) is 16.9 Å². The zero-order valence-electron chi connectivity index (χ0n) is 21.9. The van der Waals surface area contributed by atoms with E-state index < -0.39 is 0 Å². The molecule has 0 aliphatic rings. The minimum Gasteiger partial charge on any atom is -0.497 e. The molecule has 0 bridgehead atoms. The SMILES string of the molecule is COc1ccc(-c2nn(-c3ccccc3)cc2C(=O)NCc2cn(Cc3ccc(OC)c(OC)c3)nn2)cc1. The van der Waals surface area contributed by atoms with Gasteiger partial charge in [0.15, 0.2) is 11.5 Å². The van der Waals surface area contributed by atoms with E-state index in [9.17, 15) is 4.79 Å². The Balaban J connectivity index is 1.32. The van der Waals surface area contributed by atoms with Gasteiger partial charge in [0.25, 0.3) is 5.91 Å². The Bertz CT molecular complexity index is 1560. The first kappa shape index (κ1) is 25.5. The number of para-hydroxylation sites is 1. The molecule has 5 aromatic rings. The first-order valence-electron chi connectivity index (χ1n) is 12.3. The van der Waals surface area contributed by atoms with Crippen molar-refractivity contribution in [1.29, 1.82) is 0 Å². The highest BCUT2D eigenvalue weighted by Gasteiger charge is 2.19. The fourth-order valence-corrected chi connectivity index (χ4v) is 4.14. The monoisotopic (exact) mass is 524 g/mol. The summed E-state index contributed by atoms with van der Waals surface area (Å²) in [4.78, 5) is 13.3. The van der Waals surface area contributed by atoms with Crippen LogP contribution in [0.2, 0.25) is 0 Å². The first-order valence-corrected chi connectivity index (χ1v) is 12.3. The molecule has 198 valence electrons. The Morgan fingerprint density at radius 2 is 1.64 bits per heavy atom. The molecule has 10 heteroatoms. The highest BCUT2D eigenvalue weighted by atomic mass is 16.5. The second-order valence-corrected chi connectivity index (χ2v) is 8.68. The maximum absolute atomic E-state index is 13.3. The van der Waals surface area contributed by atoms with Crippen molar-refractivity contribution in [3.8, 4) is 34.2 Å². The van der Waals surface area contributed by atoms with Gasteiger partial charge in [0.1, 0.15) is 17.1 Å². The van der Waals surface area contributed by atoms with Crippen LogP contribution in [-0.4, -0.2) is 52.0 Å². The van der Waals surface area contributed by atoms with Gasteiger partial charge in [-0.1, -0.05) is 29.5 Å². The van der Waals surface area contributed by atoms with Crippen LogP contribution in [0.15, 0.2) is 85.2 Å². The molecule has 1 amide bonds. The standard InChI is InChI=1S/C29H28N6O4/c1-37-24-12-10-21(11-13-24)28-25(19-35(32-28)23-7-5-4-6-8-23)29(36)30-16-22-18-34(33-31-22)17-20-9-14-26(38-2)27(15-20)39-3/h4-15,18-19H,16-17H2,1-3H3,(H,30,36). The van der Waals surface area contributed by atoms with E-state index in [1.54, 1.807) is 43.1 Å². The zero-order chi connectivity index (χ0) is 27.2. The molecule has 2 heterocycles. The first-order chi connectivity index (χ1) is 19.1. The molecule has 0 aliphatic carbocycles. The summed E-state index contributed by atoms with van der Waals surface area (Å²) in [6.07, 6.45) is 3.53. The summed E-state index contributed by atoms with van der Waals surface area (Å²) in [5.41, 5.74) is 4.27. The van der Waals surface area contributed by atoms with Crippen molar-refractivity contribution < 1.29 is 19.0 Å². The molecule has 0 atom stereocenters. The largest absolute Gasteiger partial charge is 0.497 e.